The lowest BCUT2D eigenvalue weighted by atomic mass is 10.0. The maximum atomic E-state index is 12.9. The highest BCUT2D eigenvalue weighted by molar-refractivity contribution is 5.94. The van der Waals surface area contributed by atoms with Gasteiger partial charge in [0.05, 0.1) is 18.3 Å². The minimum absolute atomic E-state index is 0.354. The molecule has 0 unspecified atom stereocenters. The molecule has 4 N–H and O–H groups in total. The summed E-state index contributed by atoms with van der Waals surface area (Å²) in [7, 11) is 0. The predicted octanol–water partition coefficient (Wildman–Crippen LogP) is 4.49. The second kappa shape index (κ2) is 11.4. The molecule has 0 saturated heterocycles. The summed E-state index contributed by atoms with van der Waals surface area (Å²) in [4.78, 5) is 17.3. The van der Waals surface area contributed by atoms with Crippen molar-refractivity contribution in [3.8, 4) is 11.1 Å². The molecule has 0 fully saturated rings. The maximum absolute atomic E-state index is 12.9. The van der Waals surface area contributed by atoms with Gasteiger partial charge in [-0.25, -0.2) is 0 Å². The van der Waals surface area contributed by atoms with E-state index in [-0.39, 0.29) is 12.5 Å². The third kappa shape index (κ3) is 6.12. The summed E-state index contributed by atoms with van der Waals surface area (Å²) in [5.74, 6) is -0.354. The van der Waals surface area contributed by atoms with Gasteiger partial charge in [0, 0.05) is 30.1 Å². The molecular formula is C29H29N3O3. The standard InChI is InChI=1S/C29H29N3O3/c1-20-12-13-23(29(35)32-27(19-33)28(34)22-10-6-3-7-11-22)14-24(20)17-31-26-15-25(16-30-18-26)21-8-4-2-5-9-21/h2-16,18,27-28,31,33-34H,17,19H2,1H3,(H,32,35)/t27-,28-/m0/s1. The number of nitrogens with zero attached hydrogens (tertiary/aromatic N) is 1. The number of aliphatic hydroxyl groups excluding tert-OH is 2. The zero-order valence-electron chi connectivity index (χ0n) is 19.6. The van der Waals surface area contributed by atoms with Crippen LogP contribution in [0.15, 0.2) is 97.3 Å². The molecule has 178 valence electrons. The van der Waals surface area contributed by atoms with Crippen molar-refractivity contribution in [2.24, 2.45) is 0 Å². The lowest BCUT2D eigenvalue weighted by molar-refractivity contribution is 0.0703. The van der Waals surface area contributed by atoms with Gasteiger partial charge in [-0.3, -0.25) is 9.78 Å². The Labute approximate surface area is 205 Å². The van der Waals surface area contributed by atoms with E-state index in [4.69, 9.17) is 0 Å². The zero-order valence-corrected chi connectivity index (χ0v) is 19.6. The summed E-state index contributed by atoms with van der Waals surface area (Å²) in [5.41, 5.74) is 6.10. The van der Waals surface area contributed by atoms with Crippen LogP contribution in [0.3, 0.4) is 0 Å². The van der Waals surface area contributed by atoms with Gasteiger partial charge in [0.25, 0.3) is 5.91 Å². The van der Waals surface area contributed by atoms with E-state index in [1.54, 1.807) is 36.5 Å². The first kappa shape index (κ1) is 24.1. The van der Waals surface area contributed by atoms with Crippen LogP contribution in [-0.2, 0) is 6.54 Å². The molecule has 0 bridgehead atoms. The summed E-state index contributed by atoms with van der Waals surface area (Å²) in [6, 6.07) is 25.7. The van der Waals surface area contributed by atoms with Crippen LogP contribution in [0, 0.1) is 6.92 Å². The van der Waals surface area contributed by atoms with Crippen molar-refractivity contribution >= 4 is 11.6 Å². The Kier molecular flexibility index (Phi) is 7.88. The Morgan fingerprint density at radius 2 is 1.63 bits per heavy atom. The molecule has 0 aliphatic carbocycles. The highest BCUT2D eigenvalue weighted by Crippen LogP contribution is 2.22. The van der Waals surface area contributed by atoms with Gasteiger partial charge in [0.2, 0.25) is 0 Å². The molecular weight excluding hydrogens is 438 g/mol. The number of hydrogen-bond donors (Lipinski definition) is 4. The number of rotatable bonds is 9. The fourth-order valence-corrected chi connectivity index (χ4v) is 3.88. The zero-order chi connectivity index (χ0) is 24.6. The molecule has 1 heterocycles. The number of carbonyl (C=O) groups excluding carboxylic acids is 1. The van der Waals surface area contributed by atoms with Gasteiger partial charge in [-0.15, -0.1) is 0 Å². The summed E-state index contributed by atoms with van der Waals surface area (Å²) >= 11 is 0. The number of aliphatic hydroxyl groups is 2. The fraction of sp³-hybridized carbons (Fsp3) is 0.172. The minimum atomic E-state index is -1.01. The Hall–Kier alpha value is -4.00. The molecule has 1 amide bonds. The number of carbonyl (C=O) groups is 1. The second-order valence-corrected chi connectivity index (χ2v) is 8.44. The third-order valence-corrected chi connectivity index (χ3v) is 5.98. The van der Waals surface area contributed by atoms with Gasteiger partial charge < -0.3 is 20.8 Å². The number of aromatic nitrogens is 1. The van der Waals surface area contributed by atoms with E-state index < -0.39 is 12.1 Å². The first-order chi connectivity index (χ1) is 17.0. The van der Waals surface area contributed by atoms with Crippen molar-refractivity contribution < 1.29 is 15.0 Å². The first-order valence-electron chi connectivity index (χ1n) is 11.5. The van der Waals surface area contributed by atoms with Crippen molar-refractivity contribution in [3.63, 3.8) is 0 Å². The molecule has 3 aromatic carbocycles. The van der Waals surface area contributed by atoms with Gasteiger partial charge in [0.1, 0.15) is 6.10 Å². The molecule has 4 aromatic rings. The predicted molar refractivity (Wildman–Crippen MR) is 138 cm³/mol. The lowest BCUT2D eigenvalue weighted by Crippen LogP contribution is -2.42. The van der Waals surface area contributed by atoms with Crippen LogP contribution in [-0.4, -0.2) is 33.8 Å². The number of anilines is 1. The van der Waals surface area contributed by atoms with Gasteiger partial charge in [-0.1, -0.05) is 66.7 Å². The van der Waals surface area contributed by atoms with E-state index in [1.165, 1.54) is 0 Å². The maximum Gasteiger partial charge on any atom is 0.251 e. The van der Waals surface area contributed by atoms with Crippen LogP contribution in [0.25, 0.3) is 11.1 Å². The van der Waals surface area contributed by atoms with E-state index in [0.29, 0.717) is 17.7 Å². The van der Waals surface area contributed by atoms with E-state index in [1.807, 2.05) is 67.7 Å². The Bertz CT molecular complexity index is 1260. The quantitative estimate of drug-likeness (QED) is 0.291. The topological polar surface area (TPSA) is 94.5 Å². The Morgan fingerprint density at radius 3 is 2.34 bits per heavy atom. The number of benzene rings is 3. The van der Waals surface area contributed by atoms with Crippen LogP contribution in [0.4, 0.5) is 5.69 Å². The highest BCUT2D eigenvalue weighted by Gasteiger charge is 2.23. The molecule has 0 aliphatic heterocycles. The number of hydrogen-bond acceptors (Lipinski definition) is 5. The third-order valence-electron chi connectivity index (χ3n) is 5.98. The Balaban J connectivity index is 1.44. The van der Waals surface area contributed by atoms with Gasteiger partial charge in [-0.2, -0.15) is 0 Å². The summed E-state index contributed by atoms with van der Waals surface area (Å²) < 4.78 is 0. The molecule has 0 saturated carbocycles. The molecule has 6 nitrogen and oxygen atoms in total. The van der Waals surface area contributed by atoms with Crippen LogP contribution in [0.2, 0.25) is 0 Å². The van der Waals surface area contributed by atoms with Crippen LogP contribution < -0.4 is 10.6 Å². The van der Waals surface area contributed by atoms with Crippen LogP contribution >= 0.6 is 0 Å². The smallest absolute Gasteiger partial charge is 0.251 e. The lowest BCUT2D eigenvalue weighted by Gasteiger charge is -2.23. The number of aryl methyl sites for hydroxylation is 1. The SMILES string of the molecule is Cc1ccc(C(=O)N[C@@H](CO)[C@@H](O)c2ccccc2)cc1CNc1cncc(-c2ccccc2)c1. The van der Waals surface area contributed by atoms with E-state index in [9.17, 15) is 15.0 Å². The molecule has 0 spiro atoms. The number of nitrogens with one attached hydrogen (secondary N) is 2. The van der Waals surface area contributed by atoms with Crippen molar-refractivity contribution in [2.45, 2.75) is 25.6 Å². The first-order valence-corrected chi connectivity index (χ1v) is 11.5. The molecule has 0 radical (unpaired) electrons. The summed E-state index contributed by atoms with van der Waals surface area (Å²) in [5, 5.41) is 26.5. The fourth-order valence-electron chi connectivity index (χ4n) is 3.88. The van der Waals surface area contributed by atoms with Crippen molar-refractivity contribution in [2.75, 3.05) is 11.9 Å². The van der Waals surface area contributed by atoms with Crippen molar-refractivity contribution in [1.29, 1.82) is 0 Å². The normalized spacial score (nSPS) is 12.5. The van der Waals surface area contributed by atoms with Gasteiger partial charge in [-0.05, 0) is 47.4 Å². The van der Waals surface area contributed by atoms with Crippen molar-refractivity contribution in [3.05, 3.63) is 120 Å². The second-order valence-electron chi connectivity index (χ2n) is 8.44. The molecule has 0 aliphatic rings. The van der Waals surface area contributed by atoms with Gasteiger partial charge in [0.15, 0.2) is 0 Å². The largest absolute Gasteiger partial charge is 0.394 e. The summed E-state index contributed by atoms with van der Waals surface area (Å²) in [6.45, 7) is 2.13. The summed E-state index contributed by atoms with van der Waals surface area (Å²) in [6.07, 6.45) is 2.59. The van der Waals surface area contributed by atoms with Gasteiger partial charge >= 0.3 is 0 Å². The minimum Gasteiger partial charge on any atom is -0.394 e. The molecule has 35 heavy (non-hydrogen) atoms. The molecule has 2 atom stereocenters. The van der Waals surface area contributed by atoms with Crippen LogP contribution in [0.5, 0.6) is 0 Å². The van der Waals surface area contributed by atoms with E-state index >= 15 is 0 Å². The monoisotopic (exact) mass is 467 g/mol. The number of amides is 1. The average molecular weight is 468 g/mol. The highest BCUT2D eigenvalue weighted by atomic mass is 16.3. The Morgan fingerprint density at radius 1 is 0.914 bits per heavy atom. The van der Waals surface area contributed by atoms with Crippen molar-refractivity contribution in [1.82, 2.24) is 10.3 Å². The molecule has 1 aromatic heterocycles. The average Bonchev–Trinajstić information content (AvgIpc) is 2.92. The number of pyridine rings is 1. The van der Waals surface area contributed by atoms with Crippen LogP contribution in [0.1, 0.15) is 33.2 Å². The molecule has 4 rings (SSSR count). The van der Waals surface area contributed by atoms with E-state index in [0.717, 1.165) is 27.9 Å². The molecule has 6 heteroatoms. The van der Waals surface area contributed by atoms with E-state index in [2.05, 4.69) is 15.6 Å².